The molecule has 0 aliphatic heterocycles. The largest absolute Gasteiger partial charge is 0.276 e. The molecule has 3 heterocycles. The van der Waals surface area contributed by atoms with Crippen molar-refractivity contribution < 1.29 is 0 Å². The van der Waals surface area contributed by atoms with Crippen LogP contribution in [-0.4, -0.2) is 24.8 Å². The summed E-state index contributed by atoms with van der Waals surface area (Å²) in [5, 5.41) is 13.7. The van der Waals surface area contributed by atoms with E-state index in [-0.39, 0.29) is 0 Å². The van der Waals surface area contributed by atoms with Crippen molar-refractivity contribution in [2.24, 2.45) is 0 Å². The van der Waals surface area contributed by atoms with Crippen LogP contribution in [0.25, 0.3) is 27.8 Å². The zero-order chi connectivity index (χ0) is 16.1. The van der Waals surface area contributed by atoms with Crippen LogP contribution in [-0.2, 0) is 6.42 Å². The molecule has 7 heteroatoms. The average molecular weight is 346 g/mol. The predicted molar refractivity (Wildman–Crippen MR) is 92.2 cm³/mol. The topological polar surface area (TPSA) is 58.9 Å². The summed E-state index contributed by atoms with van der Waals surface area (Å²) in [4.78, 5) is 4.50. The van der Waals surface area contributed by atoms with Crippen molar-refractivity contribution in [3.05, 3.63) is 45.8 Å². The third-order valence-electron chi connectivity index (χ3n) is 3.88. The van der Waals surface area contributed by atoms with Gasteiger partial charge in [-0.1, -0.05) is 30.1 Å². The van der Waals surface area contributed by atoms with Gasteiger partial charge in [0.05, 0.1) is 27.5 Å². The standard InChI is InChI=1S/C16H13Cl2N5/c1-3-13-20-16-12(18)4-8(2)15(23(16)22-13)9-5-10-7-19-21-14(10)11(17)6-9/h4-7H,3H2,1-2H3,(H,19,21). The Morgan fingerprint density at radius 2 is 2.00 bits per heavy atom. The number of aromatic nitrogens is 5. The molecule has 0 spiro atoms. The molecular weight excluding hydrogens is 333 g/mol. The molecule has 3 aromatic heterocycles. The molecule has 0 radical (unpaired) electrons. The van der Waals surface area contributed by atoms with E-state index in [2.05, 4.69) is 20.3 Å². The zero-order valence-corrected chi connectivity index (χ0v) is 14.1. The van der Waals surface area contributed by atoms with E-state index in [0.717, 1.165) is 40.0 Å². The van der Waals surface area contributed by atoms with Gasteiger partial charge in [0, 0.05) is 17.4 Å². The van der Waals surface area contributed by atoms with Crippen molar-refractivity contribution in [1.82, 2.24) is 24.8 Å². The highest BCUT2D eigenvalue weighted by molar-refractivity contribution is 6.35. The Kier molecular flexibility index (Phi) is 3.28. The predicted octanol–water partition coefficient (Wildman–Crippen LogP) is 4.45. The first kappa shape index (κ1) is 14.5. The van der Waals surface area contributed by atoms with Gasteiger partial charge in [0.25, 0.3) is 0 Å². The van der Waals surface area contributed by atoms with Crippen molar-refractivity contribution in [2.75, 3.05) is 0 Å². The molecule has 0 aliphatic rings. The van der Waals surface area contributed by atoms with Crippen LogP contribution in [0.5, 0.6) is 0 Å². The van der Waals surface area contributed by atoms with Crippen LogP contribution in [0.1, 0.15) is 18.3 Å². The average Bonchev–Trinajstić information content (AvgIpc) is 3.13. The number of pyridine rings is 1. The maximum Gasteiger partial charge on any atom is 0.174 e. The van der Waals surface area contributed by atoms with E-state index in [1.165, 1.54) is 0 Å². The van der Waals surface area contributed by atoms with Gasteiger partial charge in [0.15, 0.2) is 11.5 Å². The third kappa shape index (κ3) is 2.19. The van der Waals surface area contributed by atoms with Crippen molar-refractivity contribution in [2.45, 2.75) is 20.3 Å². The molecule has 4 aromatic rings. The highest BCUT2D eigenvalue weighted by atomic mass is 35.5. The van der Waals surface area contributed by atoms with Gasteiger partial charge in [0.1, 0.15) is 0 Å². The summed E-state index contributed by atoms with van der Waals surface area (Å²) in [5.41, 5.74) is 4.38. The van der Waals surface area contributed by atoms with Crippen molar-refractivity contribution in [3.63, 3.8) is 0 Å². The Labute approximate surface area is 142 Å². The van der Waals surface area contributed by atoms with Gasteiger partial charge in [-0.3, -0.25) is 5.10 Å². The van der Waals surface area contributed by atoms with Crippen molar-refractivity contribution >= 4 is 39.8 Å². The second-order valence-electron chi connectivity index (χ2n) is 5.43. The molecule has 0 saturated heterocycles. The van der Waals surface area contributed by atoms with Gasteiger partial charge in [-0.05, 0) is 30.7 Å². The van der Waals surface area contributed by atoms with E-state index in [9.17, 15) is 0 Å². The summed E-state index contributed by atoms with van der Waals surface area (Å²) in [5.74, 6) is 0.759. The second-order valence-corrected chi connectivity index (χ2v) is 6.25. The van der Waals surface area contributed by atoms with Crippen LogP contribution < -0.4 is 0 Å². The van der Waals surface area contributed by atoms with Crippen LogP contribution in [0.2, 0.25) is 10.0 Å². The number of fused-ring (bicyclic) bond motifs is 2. The minimum absolute atomic E-state index is 0.592. The SMILES string of the molecule is CCc1nc2c(Cl)cc(C)c(-c3cc(Cl)c4[nH]ncc4c3)n2n1. The number of aromatic amines is 1. The molecule has 5 nitrogen and oxygen atoms in total. The normalized spacial score (nSPS) is 11.7. The molecule has 0 amide bonds. The molecule has 1 aromatic carbocycles. The van der Waals surface area contributed by atoms with Gasteiger partial charge in [-0.2, -0.15) is 10.2 Å². The minimum atomic E-state index is 0.592. The number of hydrogen-bond donors (Lipinski definition) is 1. The maximum absolute atomic E-state index is 6.38. The molecule has 0 atom stereocenters. The summed E-state index contributed by atoms with van der Waals surface area (Å²) in [6, 6.07) is 5.85. The molecule has 0 aliphatic carbocycles. The quantitative estimate of drug-likeness (QED) is 0.583. The van der Waals surface area contributed by atoms with E-state index >= 15 is 0 Å². The fourth-order valence-electron chi connectivity index (χ4n) is 2.81. The molecule has 1 N–H and O–H groups in total. The lowest BCUT2D eigenvalue weighted by molar-refractivity contribution is 0.887. The summed E-state index contributed by atoms with van der Waals surface area (Å²) in [6.07, 6.45) is 2.50. The highest BCUT2D eigenvalue weighted by Gasteiger charge is 2.16. The lowest BCUT2D eigenvalue weighted by Crippen LogP contribution is -1.99. The van der Waals surface area contributed by atoms with Crippen molar-refractivity contribution in [1.29, 1.82) is 0 Å². The Bertz CT molecular complexity index is 1050. The summed E-state index contributed by atoms with van der Waals surface area (Å²) >= 11 is 12.7. The zero-order valence-electron chi connectivity index (χ0n) is 12.6. The summed E-state index contributed by atoms with van der Waals surface area (Å²) < 4.78 is 1.80. The molecule has 0 bridgehead atoms. The molecule has 23 heavy (non-hydrogen) atoms. The molecule has 116 valence electrons. The van der Waals surface area contributed by atoms with Gasteiger partial charge in [0.2, 0.25) is 0 Å². The van der Waals surface area contributed by atoms with E-state index in [1.54, 1.807) is 10.7 Å². The summed E-state index contributed by atoms with van der Waals surface area (Å²) in [7, 11) is 0. The highest BCUT2D eigenvalue weighted by Crippen LogP contribution is 2.33. The van der Waals surface area contributed by atoms with Gasteiger partial charge in [-0.15, -0.1) is 0 Å². The van der Waals surface area contributed by atoms with Crippen LogP contribution >= 0.6 is 23.2 Å². The maximum atomic E-state index is 6.38. The fraction of sp³-hybridized carbons (Fsp3) is 0.188. The van der Waals surface area contributed by atoms with Crippen LogP contribution in [0.15, 0.2) is 24.4 Å². The first-order valence-corrected chi connectivity index (χ1v) is 8.02. The van der Waals surface area contributed by atoms with E-state index in [4.69, 9.17) is 23.2 Å². The number of rotatable bonds is 2. The van der Waals surface area contributed by atoms with Gasteiger partial charge >= 0.3 is 0 Å². The Hall–Kier alpha value is -2.11. The first-order chi connectivity index (χ1) is 11.1. The van der Waals surface area contributed by atoms with Gasteiger partial charge in [-0.25, -0.2) is 9.50 Å². The molecule has 0 saturated carbocycles. The summed E-state index contributed by atoms with van der Waals surface area (Å²) in [6.45, 7) is 4.02. The smallest absolute Gasteiger partial charge is 0.174 e. The van der Waals surface area contributed by atoms with Crippen LogP contribution in [0.3, 0.4) is 0 Å². The fourth-order valence-corrected chi connectivity index (χ4v) is 3.36. The van der Waals surface area contributed by atoms with Crippen LogP contribution in [0.4, 0.5) is 0 Å². The number of hydrogen-bond acceptors (Lipinski definition) is 3. The van der Waals surface area contributed by atoms with Crippen molar-refractivity contribution in [3.8, 4) is 11.3 Å². The molecule has 0 unspecified atom stereocenters. The Morgan fingerprint density at radius 1 is 1.17 bits per heavy atom. The Balaban J connectivity index is 2.08. The third-order valence-corrected chi connectivity index (χ3v) is 4.46. The monoisotopic (exact) mass is 345 g/mol. The second kappa shape index (κ2) is 5.22. The number of H-pyrrole nitrogens is 1. The molecule has 4 rings (SSSR count). The number of nitrogens with zero attached hydrogens (tertiary/aromatic N) is 4. The number of halogens is 2. The first-order valence-electron chi connectivity index (χ1n) is 7.26. The minimum Gasteiger partial charge on any atom is -0.276 e. The van der Waals surface area contributed by atoms with Crippen LogP contribution in [0, 0.1) is 6.92 Å². The number of benzene rings is 1. The Morgan fingerprint density at radius 3 is 2.78 bits per heavy atom. The van der Waals surface area contributed by atoms with E-state index in [0.29, 0.717) is 15.7 Å². The van der Waals surface area contributed by atoms with E-state index in [1.807, 2.05) is 32.0 Å². The number of aryl methyl sites for hydroxylation is 2. The molecular formula is C16H13Cl2N5. The molecule has 0 fully saturated rings. The lowest BCUT2D eigenvalue weighted by Gasteiger charge is -2.10. The van der Waals surface area contributed by atoms with Gasteiger partial charge < -0.3 is 0 Å². The van der Waals surface area contributed by atoms with E-state index < -0.39 is 0 Å². The number of nitrogens with one attached hydrogen (secondary N) is 1. The lowest BCUT2D eigenvalue weighted by atomic mass is 10.0.